The predicted molar refractivity (Wildman–Crippen MR) is 101 cm³/mol. The quantitative estimate of drug-likeness (QED) is 0.913. The molecule has 6 heteroatoms. The van der Waals surface area contributed by atoms with Gasteiger partial charge in [0.25, 0.3) is 5.91 Å². The molecule has 1 unspecified atom stereocenters. The molecule has 1 N–H and O–H groups in total. The number of carbonyl (C=O) groups is 1. The second-order valence-corrected chi connectivity index (χ2v) is 7.77. The van der Waals surface area contributed by atoms with Crippen LogP contribution in [0.1, 0.15) is 38.2 Å². The monoisotopic (exact) mass is 356 g/mol. The van der Waals surface area contributed by atoms with Gasteiger partial charge in [0.2, 0.25) is 0 Å². The van der Waals surface area contributed by atoms with E-state index in [1.54, 1.807) is 6.20 Å². The minimum Gasteiger partial charge on any atom is -0.484 e. The molecule has 1 amide bonds. The molecule has 0 radical (unpaired) electrons. The van der Waals surface area contributed by atoms with E-state index in [2.05, 4.69) is 43.2 Å². The molecule has 1 aliphatic heterocycles. The van der Waals surface area contributed by atoms with Gasteiger partial charge >= 0.3 is 0 Å². The van der Waals surface area contributed by atoms with Gasteiger partial charge in [-0.3, -0.25) is 4.79 Å². The van der Waals surface area contributed by atoms with E-state index in [4.69, 9.17) is 4.74 Å². The number of carbonyl (C=O) groups excluding carboxylic acids is 1. The molecule has 26 heavy (non-hydrogen) atoms. The van der Waals surface area contributed by atoms with Gasteiger partial charge in [0.05, 0.1) is 0 Å². The molecule has 1 aliphatic rings. The van der Waals surface area contributed by atoms with Gasteiger partial charge in [-0.15, -0.1) is 0 Å². The van der Waals surface area contributed by atoms with Crippen LogP contribution in [0.25, 0.3) is 0 Å². The minimum atomic E-state index is -0.0666. The number of rotatable bonds is 4. The van der Waals surface area contributed by atoms with E-state index >= 15 is 0 Å². The van der Waals surface area contributed by atoms with Gasteiger partial charge in [-0.05, 0) is 23.1 Å². The van der Waals surface area contributed by atoms with Gasteiger partial charge in [0.1, 0.15) is 17.6 Å². The molecule has 1 aromatic heterocycles. The highest BCUT2D eigenvalue weighted by Gasteiger charge is 2.30. The summed E-state index contributed by atoms with van der Waals surface area (Å²) in [5, 5.41) is 3.34. The third-order valence-electron chi connectivity index (χ3n) is 4.80. The number of piperazine rings is 1. The molecule has 0 aliphatic carbocycles. The van der Waals surface area contributed by atoms with Crippen LogP contribution in [0.3, 0.4) is 0 Å². The van der Waals surface area contributed by atoms with Crippen LogP contribution >= 0.6 is 0 Å². The van der Waals surface area contributed by atoms with E-state index in [0.717, 1.165) is 18.1 Å². The first kappa shape index (κ1) is 18.5. The van der Waals surface area contributed by atoms with Crippen LogP contribution in [-0.4, -0.2) is 46.6 Å². The number of aryl methyl sites for hydroxylation is 1. The van der Waals surface area contributed by atoms with Gasteiger partial charge < -0.3 is 19.5 Å². The van der Waals surface area contributed by atoms with Crippen molar-refractivity contribution in [3.05, 3.63) is 48.0 Å². The van der Waals surface area contributed by atoms with Crippen molar-refractivity contribution >= 4 is 5.91 Å². The second kappa shape index (κ2) is 7.50. The molecule has 0 spiro atoms. The number of nitrogens with zero attached hydrogens (tertiary/aromatic N) is 3. The summed E-state index contributed by atoms with van der Waals surface area (Å²) < 4.78 is 7.71. The van der Waals surface area contributed by atoms with Crippen molar-refractivity contribution in [2.75, 3.05) is 26.2 Å². The van der Waals surface area contributed by atoms with Crippen molar-refractivity contribution in [3.63, 3.8) is 0 Å². The predicted octanol–water partition coefficient (Wildman–Crippen LogP) is 2.27. The van der Waals surface area contributed by atoms with Gasteiger partial charge in [-0.1, -0.05) is 32.9 Å². The SMILES string of the molecule is Cn1ccnc1C1CNCCN1C(=O)COc1ccc(C(C)(C)C)cc1. The van der Waals surface area contributed by atoms with Crippen molar-refractivity contribution in [2.45, 2.75) is 32.2 Å². The Morgan fingerprint density at radius 2 is 2.04 bits per heavy atom. The number of aromatic nitrogens is 2. The van der Waals surface area contributed by atoms with Crippen LogP contribution in [0.5, 0.6) is 5.75 Å². The van der Waals surface area contributed by atoms with Crippen molar-refractivity contribution in [3.8, 4) is 5.75 Å². The number of hydrogen-bond acceptors (Lipinski definition) is 4. The maximum atomic E-state index is 12.8. The first-order valence-electron chi connectivity index (χ1n) is 9.07. The summed E-state index contributed by atoms with van der Waals surface area (Å²) in [6, 6.07) is 7.91. The van der Waals surface area contributed by atoms with E-state index < -0.39 is 0 Å². The molecule has 1 saturated heterocycles. The molecular weight excluding hydrogens is 328 g/mol. The number of amides is 1. The van der Waals surface area contributed by atoms with Crippen LogP contribution in [0.4, 0.5) is 0 Å². The van der Waals surface area contributed by atoms with E-state index in [1.807, 2.05) is 34.8 Å². The van der Waals surface area contributed by atoms with Gasteiger partial charge in [0.15, 0.2) is 6.61 Å². The zero-order valence-corrected chi connectivity index (χ0v) is 16.0. The van der Waals surface area contributed by atoms with E-state index in [9.17, 15) is 4.79 Å². The Bertz CT molecular complexity index is 746. The summed E-state index contributed by atoms with van der Waals surface area (Å²) >= 11 is 0. The molecular formula is C20H28N4O2. The zero-order chi connectivity index (χ0) is 18.7. The highest BCUT2D eigenvalue weighted by molar-refractivity contribution is 5.78. The first-order valence-corrected chi connectivity index (χ1v) is 9.07. The first-order chi connectivity index (χ1) is 12.4. The van der Waals surface area contributed by atoms with Crippen LogP contribution in [0.2, 0.25) is 0 Å². The Hall–Kier alpha value is -2.34. The van der Waals surface area contributed by atoms with Crippen LogP contribution in [-0.2, 0) is 17.3 Å². The molecule has 2 heterocycles. The molecule has 6 nitrogen and oxygen atoms in total. The van der Waals surface area contributed by atoms with Crippen LogP contribution in [0, 0.1) is 0 Å². The van der Waals surface area contributed by atoms with Crippen molar-refractivity contribution in [2.24, 2.45) is 7.05 Å². The van der Waals surface area contributed by atoms with Crippen molar-refractivity contribution < 1.29 is 9.53 Å². The van der Waals surface area contributed by atoms with Crippen LogP contribution in [0.15, 0.2) is 36.7 Å². The third-order valence-corrected chi connectivity index (χ3v) is 4.80. The summed E-state index contributed by atoms with van der Waals surface area (Å²) in [5.41, 5.74) is 1.35. The summed E-state index contributed by atoms with van der Waals surface area (Å²) in [6.07, 6.45) is 3.67. The maximum Gasteiger partial charge on any atom is 0.261 e. The third kappa shape index (κ3) is 4.07. The topological polar surface area (TPSA) is 59.4 Å². The van der Waals surface area contributed by atoms with Crippen molar-refractivity contribution in [1.82, 2.24) is 19.8 Å². The largest absolute Gasteiger partial charge is 0.484 e. The molecule has 1 aromatic carbocycles. The lowest BCUT2D eigenvalue weighted by Gasteiger charge is -2.35. The number of imidazole rings is 1. The zero-order valence-electron chi connectivity index (χ0n) is 16.0. The average molecular weight is 356 g/mol. The smallest absolute Gasteiger partial charge is 0.261 e. The summed E-state index contributed by atoms with van der Waals surface area (Å²) in [6.45, 7) is 8.71. The Balaban J connectivity index is 1.64. The number of nitrogens with one attached hydrogen (secondary N) is 1. The normalized spacial score (nSPS) is 18.0. The average Bonchev–Trinajstić information content (AvgIpc) is 3.05. The molecule has 2 aromatic rings. The van der Waals surface area contributed by atoms with Crippen LogP contribution < -0.4 is 10.1 Å². The Labute approximate surface area is 155 Å². The standard InChI is InChI=1S/C20H28N4O2/c1-20(2,3)15-5-7-16(8-6-15)26-14-18(25)24-12-9-21-13-17(24)19-22-10-11-23(19)4/h5-8,10-11,17,21H,9,12-14H2,1-4H3. The number of benzene rings is 1. The van der Waals surface area contributed by atoms with Gasteiger partial charge in [0, 0.05) is 39.1 Å². The highest BCUT2D eigenvalue weighted by Crippen LogP contribution is 2.25. The fourth-order valence-electron chi connectivity index (χ4n) is 3.21. The number of hydrogen-bond donors (Lipinski definition) is 1. The highest BCUT2D eigenvalue weighted by atomic mass is 16.5. The summed E-state index contributed by atoms with van der Waals surface area (Å²) in [4.78, 5) is 19.0. The van der Waals surface area contributed by atoms with Gasteiger partial charge in [-0.2, -0.15) is 0 Å². The minimum absolute atomic E-state index is 0.0144. The Kier molecular flexibility index (Phi) is 5.32. The van der Waals surface area contributed by atoms with E-state index in [1.165, 1.54) is 5.56 Å². The lowest BCUT2D eigenvalue weighted by Crippen LogP contribution is -2.50. The lowest BCUT2D eigenvalue weighted by atomic mass is 9.87. The van der Waals surface area contributed by atoms with Gasteiger partial charge in [-0.25, -0.2) is 4.98 Å². The maximum absolute atomic E-state index is 12.8. The Morgan fingerprint density at radius 1 is 1.31 bits per heavy atom. The second-order valence-electron chi connectivity index (χ2n) is 7.77. The lowest BCUT2D eigenvalue weighted by molar-refractivity contribution is -0.137. The molecule has 140 valence electrons. The molecule has 0 saturated carbocycles. The number of ether oxygens (including phenoxy) is 1. The van der Waals surface area contributed by atoms with E-state index in [0.29, 0.717) is 13.1 Å². The molecule has 0 bridgehead atoms. The summed E-state index contributed by atoms with van der Waals surface area (Å²) in [5.74, 6) is 1.59. The molecule has 1 fully saturated rings. The van der Waals surface area contributed by atoms with Crippen molar-refractivity contribution in [1.29, 1.82) is 0 Å². The molecule has 3 rings (SSSR count). The molecule has 1 atom stereocenters. The fraction of sp³-hybridized carbons (Fsp3) is 0.500. The fourth-order valence-corrected chi connectivity index (χ4v) is 3.21. The summed E-state index contributed by atoms with van der Waals surface area (Å²) in [7, 11) is 1.95. The Morgan fingerprint density at radius 3 is 2.65 bits per heavy atom. The van der Waals surface area contributed by atoms with E-state index in [-0.39, 0.29) is 24.0 Å².